The minimum absolute atomic E-state index is 0.151. The third kappa shape index (κ3) is 2.86. The Morgan fingerprint density at radius 1 is 1.41 bits per heavy atom. The summed E-state index contributed by atoms with van der Waals surface area (Å²) in [6.07, 6.45) is 5.41. The molecule has 3 heterocycles. The summed E-state index contributed by atoms with van der Waals surface area (Å²) in [4.78, 5) is 22.3. The van der Waals surface area contributed by atoms with Crippen molar-refractivity contribution in [1.29, 1.82) is 0 Å². The molecule has 0 spiro atoms. The molecule has 0 unspecified atom stereocenters. The molecule has 116 valence electrons. The van der Waals surface area contributed by atoms with Gasteiger partial charge in [0.15, 0.2) is 0 Å². The molecule has 0 aliphatic carbocycles. The molecule has 1 atom stereocenters. The standard InChI is InChI=1S/C16H20N4O2/c1-10-16(11(2)22-19-10)15-8-17-7-14(18-15)6-13-4-5-20(9-13)12(3)21/h7-8,13H,4-6,9H2,1-3H3/t13-/m0/s1. The zero-order valence-corrected chi connectivity index (χ0v) is 13.2. The second kappa shape index (κ2) is 5.87. The molecule has 1 saturated heterocycles. The molecule has 2 aromatic heterocycles. The molecule has 1 fully saturated rings. The van der Waals surface area contributed by atoms with Crippen LogP contribution < -0.4 is 0 Å². The van der Waals surface area contributed by atoms with Crippen LogP contribution in [0.1, 0.15) is 30.5 Å². The maximum absolute atomic E-state index is 11.4. The Morgan fingerprint density at radius 2 is 2.23 bits per heavy atom. The fourth-order valence-electron chi connectivity index (χ4n) is 3.05. The van der Waals surface area contributed by atoms with Gasteiger partial charge in [-0.3, -0.25) is 9.78 Å². The topological polar surface area (TPSA) is 72.1 Å². The van der Waals surface area contributed by atoms with Crippen LogP contribution in [-0.2, 0) is 11.2 Å². The van der Waals surface area contributed by atoms with Crippen molar-refractivity contribution < 1.29 is 9.32 Å². The lowest BCUT2D eigenvalue weighted by Crippen LogP contribution is -2.26. The largest absolute Gasteiger partial charge is 0.361 e. The van der Waals surface area contributed by atoms with Gasteiger partial charge < -0.3 is 9.42 Å². The summed E-state index contributed by atoms with van der Waals surface area (Å²) in [5.41, 5.74) is 3.50. The Labute approximate surface area is 129 Å². The first kappa shape index (κ1) is 14.7. The van der Waals surface area contributed by atoms with Gasteiger partial charge in [0.25, 0.3) is 0 Å². The fourth-order valence-corrected chi connectivity index (χ4v) is 3.05. The van der Waals surface area contributed by atoms with Gasteiger partial charge in [-0.05, 0) is 32.6 Å². The zero-order chi connectivity index (χ0) is 15.7. The maximum atomic E-state index is 11.4. The summed E-state index contributed by atoms with van der Waals surface area (Å²) in [6, 6.07) is 0. The van der Waals surface area contributed by atoms with E-state index in [4.69, 9.17) is 9.51 Å². The highest BCUT2D eigenvalue weighted by Crippen LogP contribution is 2.26. The molecule has 0 saturated carbocycles. The molecule has 0 aromatic carbocycles. The summed E-state index contributed by atoms with van der Waals surface area (Å²) < 4.78 is 5.20. The Bertz CT molecular complexity index is 676. The minimum atomic E-state index is 0.151. The molecule has 2 aromatic rings. The van der Waals surface area contributed by atoms with Crippen LogP contribution in [0.25, 0.3) is 11.3 Å². The molecule has 6 nitrogen and oxygen atoms in total. The monoisotopic (exact) mass is 300 g/mol. The third-order valence-electron chi connectivity index (χ3n) is 4.20. The number of nitrogens with zero attached hydrogens (tertiary/aromatic N) is 4. The smallest absolute Gasteiger partial charge is 0.219 e. The minimum Gasteiger partial charge on any atom is -0.361 e. The van der Waals surface area contributed by atoms with Gasteiger partial charge in [0.1, 0.15) is 5.76 Å². The van der Waals surface area contributed by atoms with Crippen molar-refractivity contribution in [1.82, 2.24) is 20.0 Å². The average molecular weight is 300 g/mol. The summed E-state index contributed by atoms with van der Waals surface area (Å²) >= 11 is 0. The molecule has 1 amide bonds. The third-order valence-corrected chi connectivity index (χ3v) is 4.20. The molecule has 0 bridgehead atoms. The normalized spacial score (nSPS) is 18.0. The number of aryl methyl sites for hydroxylation is 2. The molecular weight excluding hydrogens is 280 g/mol. The van der Waals surface area contributed by atoms with Gasteiger partial charge >= 0.3 is 0 Å². The summed E-state index contributed by atoms with van der Waals surface area (Å²) in [7, 11) is 0. The van der Waals surface area contributed by atoms with Crippen molar-refractivity contribution in [2.45, 2.75) is 33.6 Å². The Hall–Kier alpha value is -2.24. The Morgan fingerprint density at radius 3 is 2.86 bits per heavy atom. The number of aromatic nitrogens is 3. The first-order valence-electron chi connectivity index (χ1n) is 7.54. The number of hydrogen-bond acceptors (Lipinski definition) is 5. The van der Waals surface area contributed by atoms with Crippen LogP contribution in [0.15, 0.2) is 16.9 Å². The SMILES string of the molecule is CC(=O)N1CC[C@@H](Cc2cncc(-c3c(C)noc3C)n2)C1. The Kier molecular flexibility index (Phi) is 3.92. The summed E-state index contributed by atoms with van der Waals surface area (Å²) in [6.45, 7) is 7.07. The van der Waals surface area contributed by atoms with Crippen molar-refractivity contribution >= 4 is 5.91 Å². The van der Waals surface area contributed by atoms with E-state index in [0.29, 0.717) is 5.92 Å². The van der Waals surface area contributed by atoms with Crippen LogP contribution in [0.5, 0.6) is 0 Å². The summed E-state index contributed by atoms with van der Waals surface area (Å²) in [5.74, 6) is 1.36. The van der Waals surface area contributed by atoms with Crippen LogP contribution in [0, 0.1) is 19.8 Å². The van der Waals surface area contributed by atoms with E-state index in [1.54, 1.807) is 19.3 Å². The van der Waals surface area contributed by atoms with Crippen molar-refractivity contribution in [2.75, 3.05) is 13.1 Å². The first-order chi connectivity index (χ1) is 10.5. The number of amides is 1. The van der Waals surface area contributed by atoms with Gasteiger partial charge in [-0.2, -0.15) is 0 Å². The molecule has 1 aliphatic rings. The van der Waals surface area contributed by atoms with Gasteiger partial charge in [0, 0.05) is 26.2 Å². The van der Waals surface area contributed by atoms with E-state index in [-0.39, 0.29) is 5.91 Å². The molecule has 3 rings (SSSR count). The van der Waals surface area contributed by atoms with E-state index in [1.807, 2.05) is 18.7 Å². The van der Waals surface area contributed by atoms with Crippen molar-refractivity contribution in [3.8, 4) is 11.3 Å². The van der Waals surface area contributed by atoms with E-state index in [2.05, 4.69) is 10.1 Å². The van der Waals surface area contributed by atoms with Gasteiger partial charge in [0.2, 0.25) is 5.91 Å². The van der Waals surface area contributed by atoms with Crippen LogP contribution in [0.2, 0.25) is 0 Å². The van der Waals surface area contributed by atoms with Gasteiger partial charge in [0.05, 0.1) is 28.8 Å². The molecule has 1 aliphatic heterocycles. The maximum Gasteiger partial charge on any atom is 0.219 e. The number of carbonyl (C=O) groups is 1. The van der Waals surface area contributed by atoms with Crippen LogP contribution >= 0.6 is 0 Å². The molecule has 0 N–H and O–H groups in total. The number of hydrogen-bond donors (Lipinski definition) is 0. The first-order valence-corrected chi connectivity index (χ1v) is 7.54. The highest BCUT2D eigenvalue weighted by molar-refractivity contribution is 5.73. The van der Waals surface area contributed by atoms with Crippen LogP contribution in [0.3, 0.4) is 0 Å². The van der Waals surface area contributed by atoms with Gasteiger partial charge in [-0.15, -0.1) is 0 Å². The van der Waals surface area contributed by atoms with Crippen molar-refractivity contribution in [2.24, 2.45) is 5.92 Å². The lowest BCUT2D eigenvalue weighted by molar-refractivity contribution is -0.127. The van der Waals surface area contributed by atoms with Crippen molar-refractivity contribution in [3.63, 3.8) is 0 Å². The molecule has 0 radical (unpaired) electrons. The zero-order valence-electron chi connectivity index (χ0n) is 13.2. The van der Waals surface area contributed by atoms with Crippen LogP contribution in [0.4, 0.5) is 0 Å². The number of likely N-dealkylation sites (tertiary alicyclic amines) is 1. The van der Waals surface area contributed by atoms with Crippen molar-refractivity contribution in [3.05, 3.63) is 29.5 Å². The number of carbonyl (C=O) groups excluding carboxylic acids is 1. The van der Waals surface area contributed by atoms with E-state index < -0.39 is 0 Å². The van der Waals surface area contributed by atoms with E-state index in [0.717, 1.165) is 54.3 Å². The average Bonchev–Trinajstić information content (AvgIpc) is 3.06. The summed E-state index contributed by atoms with van der Waals surface area (Å²) in [5, 5.41) is 3.97. The predicted molar refractivity (Wildman–Crippen MR) is 81.1 cm³/mol. The van der Waals surface area contributed by atoms with E-state index >= 15 is 0 Å². The predicted octanol–water partition coefficient (Wildman–Crippen LogP) is 2.16. The second-order valence-electron chi connectivity index (χ2n) is 5.92. The lowest BCUT2D eigenvalue weighted by Gasteiger charge is -2.13. The highest BCUT2D eigenvalue weighted by atomic mass is 16.5. The molecular formula is C16H20N4O2. The lowest BCUT2D eigenvalue weighted by atomic mass is 10.0. The van der Waals surface area contributed by atoms with Gasteiger partial charge in [-0.25, -0.2) is 4.98 Å². The van der Waals surface area contributed by atoms with Gasteiger partial charge in [-0.1, -0.05) is 5.16 Å². The fraction of sp³-hybridized carbons (Fsp3) is 0.500. The van der Waals surface area contributed by atoms with E-state index in [9.17, 15) is 4.79 Å². The highest BCUT2D eigenvalue weighted by Gasteiger charge is 2.25. The van der Waals surface area contributed by atoms with E-state index in [1.165, 1.54) is 0 Å². The molecule has 22 heavy (non-hydrogen) atoms. The van der Waals surface area contributed by atoms with Crippen LogP contribution in [-0.4, -0.2) is 39.0 Å². The Balaban J connectivity index is 1.77. The second-order valence-corrected chi connectivity index (χ2v) is 5.92. The molecule has 6 heteroatoms. The quantitative estimate of drug-likeness (QED) is 0.868. The number of rotatable bonds is 3.